The van der Waals surface area contributed by atoms with Crippen molar-refractivity contribution in [2.75, 3.05) is 32.0 Å². The molecule has 0 radical (unpaired) electrons. The molecule has 0 bridgehead atoms. The highest BCUT2D eigenvalue weighted by molar-refractivity contribution is 5.97. The Bertz CT molecular complexity index is 1080. The van der Waals surface area contributed by atoms with E-state index in [2.05, 4.69) is 27.1 Å². The van der Waals surface area contributed by atoms with Crippen LogP contribution in [0.2, 0.25) is 0 Å². The first-order chi connectivity index (χ1) is 16.5. The molecule has 34 heavy (non-hydrogen) atoms. The summed E-state index contributed by atoms with van der Waals surface area (Å²) in [4.78, 5) is 22.6. The van der Waals surface area contributed by atoms with Crippen molar-refractivity contribution in [2.45, 2.75) is 44.8 Å². The largest absolute Gasteiger partial charge is 0.384 e. The van der Waals surface area contributed by atoms with Crippen molar-refractivity contribution in [3.8, 4) is 0 Å². The first kappa shape index (κ1) is 22.9. The summed E-state index contributed by atoms with van der Waals surface area (Å²) in [5, 5.41) is 4.22. The van der Waals surface area contributed by atoms with Crippen LogP contribution in [0.4, 0.5) is 5.82 Å². The molecule has 1 aliphatic carbocycles. The number of ether oxygens (including phenoxy) is 1. The van der Waals surface area contributed by atoms with Crippen LogP contribution in [0.1, 0.15) is 54.8 Å². The van der Waals surface area contributed by atoms with Gasteiger partial charge in [0.05, 0.1) is 12.7 Å². The Labute approximate surface area is 201 Å². The highest BCUT2D eigenvalue weighted by Crippen LogP contribution is 2.34. The Morgan fingerprint density at radius 3 is 2.91 bits per heavy atom. The van der Waals surface area contributed by atoms with Gasteiger partial charge in [-0.15, -0.1) is 0 Å². The van der Waals surface area contributed by atoms with Gasteiger partial charge in [0.25, 0.3) is 5.91 Å². The van der Waals surface area contributed by atoms with Crippen LogP contribution in [0.5, 0.6) is 0 Å². The van der Waals surface area contributed by atoms with E-state index in [1.54, 1.807) is 0 Å². The van der Waals surface area contributed by atoms with Gasteiger partial charge in [0.15, 0.2) is 0 Å². The molecular weight excluding hydrogens is 426 g/mol. The molecule has 180 valence electrons. The van der Waals surface area contributed by atoms with Gasteiger partial charge in [-0.05, 0) is 62.8 Å². The summed E-state index contributed by atoms with van der Waals surface area (Å²) in [6.07, 6.45) is 6.72. The lowest BCUT2D eigenvalue weighted by atomic mass is 10.00. The summed E-state index contributed by atoms with van der Waals surface area (Å²) >= 11 is 0. The zero-order valence-corrected chi connectivity index (χ0v) is 19.9. The molecule has 3 heterocycles. The van der Waals surface area contributed by atoms with Crippen LogP contribution >= 0.6 is 0 Å². The monoisotopic (exact) mass is 461 g/mol. The normalized spacial score (nSPS) is 25.6. The number of nitrogens with zero attached hydrogens (tertiary/aromatic N) is 2. The Morgan fingerprint density at radius 2 is 2.09 bits per heavy atom. The Hall–Kier alpha value is -2.90. The molecule has 3 aromatic rings. The number of morpholine rings is 1. The van der Waals surface area contributed by atoms with E-state index in [-0.39, 0.29) is 12.0 Å². The molecule has 1 aromatic carbocycles. The molecule has 5 rings (SSSR count). The number of para-hydroxylation sites is 1. The molecule has 4 atom stereocenters. The number of aromatic amines is 1. The maximum atomic E-state index is 12.6. The third-order valence-electron chi connectivity index (χ3n) is 7.54. The van der Waals surface area contributed by atoms with E-state index in [0.717, 1.165) is 48.6 Å². The van der Waals surface area contributed by atoms with Crippen molar-refractivity contribution < 1.29 is 9.53 Å². The topological polar surface area (TPSA) is 96.3 Å². The number of benzene rings is 1. The third kappa shape index (κ3) is 5.26. The van der Waals surface area contributed by atoms with Crippen molar-refractivity contribution >= 4 is 22.6 Å². The minimum Gasteiger partial charge on any atom is -0.384 e. The van der Waals surface area contributed by atoms with E-state index in [1.807, 2.05) is 48.7 Å². The summed E-state index contributed by atoms with van der Waals surface area (Å²) in [6.45, 7) is 5.72. The third-order valence-corrected chi connectivity index (χ3v) is 7.54. The number of nitrogens with one attached hydrogen (secondary N) is 2. The summed E-state index contributed by atoms with van der Waals surface area (Å²) in [7, 11) is 0. The molecule has 4 N–H and O–H groups in total. The standard InChI is InChI=1S/C27H35N5O2/c1-18-17-34-25(22-8-9-26(28)29-15-22)16-32(18)11-10-19-6-7-20(12-19)14-30-27(33)24-13-21-4-2-3-5-23(21)31-24/h2-5,8-9,13,15,18-20,25,31H,6-7,10-12,14,16-17H2,1H3,(H2,28,29)(H,30,33)/t18-,19-,20-,25+/m0/s1. The summed E-state index contributed by atoms with van der Waals surface area (Å²) in [5.74, 6) is 1.82. The minimum atomic E-state index is -0.00927. The number of aromatic nitrogens is 2. The fraction of sp³-hybridized carbons (Fsp3) is 0.481. The molecule has 2 aliphatic rings. The van der Waals surface area contributed by atoms with E-state index < -0.39 is 0 Å². The quantitative estimate of drug-likeness (QED) is 0.491. The summed E-state index contributed by atoms with van der Waals surface area (Å²) in [5.41, 5.74) is 8.47. The van der Waals surface area contributed by atoms with Gasteiger partial charge in [-0.2, -0.15) is 0 Å². The van der Waals surface area contributed by atoms with Crippen molar-refractivity contribution in [3.05, 3.63) is 59.9 Å². The maximum absolute atomic E-state index is 12.6. The molecule has 1 amide bonds. The van der Waals surface area contributed by atoms with E-state index >= 15 is 0 Å². The van der Waals surface area contributed by atoms with E-state index in [1.165, 1.54) is 25.7 Å². The second kappa shape index (κ2) is 10.2. The number of carbonyl (C=O) groups is 1. The Kier molecular flexibility index (Phi) is 6.83. The summed E-state index contributed by atoms with van der Waals surface area (Å²) < 4.78 is 6.08. The first-order valence-corrected chi connectivity index (χ1v) is 12.5. The van der Waals surface area contributed by atoms with E-state index in [4.69, 9.17) is 10.5 Å². The number of rotatable bonds is 7. The average Bonchev–Trinajstić information content (AvgIpc) is 3.49. The molecule has 1 saturated heterocycles. The number of H-pyrrole nitrogens is 1. The molecule has 0 unspecified atom stereocenters. The van der Waals surface area contributed by atoms with Crippen LogP contribution in [0.15, 0.2) is 48.7 Å². The van der Waals surface area contributed by atoms with Gasteiger partial charge in [0.2, 0.25) is 0 Å². The SMILES string of the molecule is C[C@H]1CO[C@@H](c2ccc(N)nc2)CN1CC[C@@H]1CC[C@H](CNC(=O)c2cc3ccccc3[nH]2)C1. The molecule has 1 saturated carbocycles. The van der Waals surface area contributed by atoms with E-state index in [9.17, 15) is 4.79 Å². The second-order valence-electron chi connectivity index (χ2n) is 10.00. The maximum Gasteiger partial charge on any atom is 0.267 e. The molecule has 2 aromatic heterocycles. The van der Waals surface area contributed by atoms with Gasteiger partial charge >= 0.3 is 0 Å². The Balaban J connectivity index is 1.07. The van der Waals surface area contributed by atoms with Gasteiger partial charge < -0.3 is 20.8 Å². The number of nitrogen functional groups attached to an aromatic ring is 1. The number of amides is 1. The van der Waals surface area contributed by atoms with Crippen LogP contribution < -0.4 is 11.1 Å². The van der Waals surface area contributed by atoms with Crippen LogP contribution in [0.3, 0.4) is 0 Å². The number of carbonyl (C=O) groups excluding carboxylic acids is 1. The number of nitrogens with two attached hydrogens (primary N) is 1. The number of pyridine rings is 1. The zero-order chi connectivity index (χ0) is 23.5. The summed E-state index contributed by atoms with van der Waals surface area (Å²) in [6, 6.07) is 14.2. The second-order valence-corrected chi connectivity index (χ2v) is 10.00. The van der Waals surface area contributed by atoms with Crippen LogP contribution in [-0.4, -0.2) is 53.1 Å². The van der Waals surface area contributed by atoms with Crippen LogP contribution in [0.25, 0.3) is 10.9 Å². The first-order valence-electron chi connectivity index (χ1n) is 12.5. The predicted octanol–water partition coefficient (Wildman–Crippen LogP) is 4.14. The lowest BCUT2D eigenvalue weighted by Crippen LogP contribution is -2.45. The molecule has 0 spiro atoms. The van der Waals surface area contributed by atoms with Gasteiger partial charge in [-0.25, -0.2) is 4.98 Å². The molecule has 2 fully saturated rings. The molecule has 1 aliphatic heterocycles. The van der Waals surface area contributed by atoms with Gasteiger partial charge in [-0.3, -0.25) is 9.69 Å². The molecular formula is C27H35N5O2. The average molecular weight is 462 g/mol. The zero-order valence-electron chi connectivity index (χ0n) is 19.9. The van der Waals surface area contributed by atoms with Crippen molar-refractivity contribution in [2.24, 2.45) is 11.8 Å². The fourth-order valence-corrected chi connectivity index (χ4v) is 5.43. The Morgan fingerprint density at radius 1 is 1.24 bits per heavy atom. The number of fused-ring (bicyclic) bond motifs is 1. The smallest absolute Gasteiger partial charge is 0.267 e. The van der Waals surface area contributed by atoms with Crippen molar-refractivity contribution in [1.82, 2.24) is 20.2 Å². The van der Waals surface area contributed by atoms with Gasteiger partial charge in [0.1, 0.15) is 11.5 Å². The van der Waals surface area contributed by atoms with Crippen LogP contribution in [-0.2, 0) is 4.74 Å². The highest BCUT2D eigenvalue weighted by atomic mass is 16.5. The number of hydrogen-bond acceptors (Lipinski definition) is 5. The molecule has 7 nitrogen and oxygen atoms in total. The van der Waals surface area contributed by atoms with Gasteiger partial charge in [0, 0.05) is 41.8 Å². The van der Waals surface area contributed by atoms with Crippen molar-refractivity contribution in [3.63, 3.8) is 0 Å². The number of anilines is 1. The van der Waals surface area contributed by atoms with Crippen molar-refractivity contribution in [1.29, 1.82) is 0 Å². The van der Waals surface area contributed by atoms with Gasteiger partial charge in [-0.1, -0.05) is 30.7 Å². The minimum absolute atomic E-state index is 0.00927. The fourth-order valence-electron chi connectivity index (χ4n) is 5.43. The number of hydrogen-bond donors (Lipinski definition) is 3. The van der Waals surface area contributed by atoms with E-state index in [0.29, 0.717) is 23.5 Å². The molecule has 7 heteroatoms. The predicted molar refractivity (Wildman–Crippen MR) is 134 cm³/mol. The highest BCUT2D eigenvalue weighted by Gasteiger charge is 2.30. The lowest BCUT2D eigenvalue weighted by molar-refractivity contribution is -0.0614. The lowest BCUT2D eigenvalue weighted by Gasteiger charge is -2.38. The van der Waals surface area contributed by atoms with Crippen LogP contribution in [0, 0.1) is 11.8 Å².